The zero-order chi connectivity index (χ0) is 14.4. The number of ether oxygens (including phenoxy) is 1. The summed E-state index contributed by atoms with van der Waals surface area (Å²) < 4.78 is 6.71. The summed E-state index contributed by atoms with van der Waals surface area (Å²) in [5.41, 5.74) is 1.01. The largest absolute Gasteiger partial charge is 0.481 e. The van der Waals surface area contributed by atoms with Gasteiger partial charge in [-0.3, -0.25) is 4.79 Å². The molecule has 0 aromatic heterocycles. The van der Waals surface area contributed by atoms with Crippen molar-refractivity contribution in [2.24, 2.45) is 0 Å². The number of aryl methyl sites for hydroxylation is 1. The molecule has 3 nitrogen and oxygen atoms in total. The number of rotatable bonds is 6. The van der Waals surface area contributed by atoms with Crippen LogP contribution in [0.5, 0.6) is 5.75 Å². The molecule has 1 aromatic rings. The summed E-state index contributed by atoms with van der Waals surface area (Å²) in [4.78, 5) is 12.0. The topological polar surface area (TPSA) is 38.3 Å². The molecule has 1 rings (SSSR count). The van der Waals surface area contributed by atoms with E-state index in [1.165, 1.54) is 0 Å². The fraction of sp³-hybridized carbons (Fsp3) is 0.533. The number of hydrogen-bond donors (Lipinski definition) is 1. The van der Waals surface area contributed by atoms with E-state index in [0.29, 0.717) is 0 Å². The Hall–Kier alpha value is -1.03. The van der Waals surface area contributed by atoms with E-state index in [0.717, 1.165) is 28.6 Å². The highest BCUT2D eigenvalue weighted by Gasteiger charge is 2.17. The first-order valence-electron chi connectivity index (χ1n) is 6.67. The third-order valence-corrected chi connectivity index (χ3v) is 3.41. The van der Waals surface area contributed by atoms with E-state index in [-0.39, 0.29) is 11.9 Å². The summed E-state index contributed by atoms with van der Waals surface area (Å²) in [6.45, 7) is 7.85. The van der Waals surface area contributed by atoms with Crippen LogP contribution in [0.4, 0.5) is 0 Å². The Morgan fingerprint density at radius 2 is 2.11 bits per heavy atom. The zero-order valence-electron chi connectivity index (χ0n) is 12.0. The van der Waals surface area contributed by atoms with Crippen molar-refractivity contribution in [2.45, 2.75) is 52.7 Å². The van der Waals surface area contributed by atoms with Crippen molar-refractivity contribution in [2.75, 3.05) is 0 Å². The molecule has 0 saturated carbocycles. The summed E-state index contributed by atoms with van der Waals surface area (Å²) >= 11 is 3.41. The molecule has 0 fully saturated rings. The first-order valence-corrected chi connectivity index (χ1v) is 7.46. The molecule has 0 bridgehead atoms. The molecular weight excluding hydrogens is 306 g/mol. The van der Waals surface area contributed by atoms with Crippen LogP contribution >= 0.6 is 15.9 Å². The second kappa shape index (κ2) is 7.53. The average molecular weight is 328 g/mol. The molecule has 0 aliphatic rings. The van der Waals surface area contributed by atoms with Gasteiger partial charge in [-0.25, -0.2) is 0 Å². The molecule has 2 unspecified atom stereocenters. The molecule has 106 valence electrons. The first-order chi connectivity index (χ1) is 8.93. The molecule has 4 heteroatoms. The van der Waals surface area contributed by atoms with Gasteiger partial charge in [0, 0.05) is 10.5 Å². The van der Waals surface area contributed by atoms with Crippen molar-refractivity contribution in [1.29, 1.82) is 0 Å². The van der Waals surface area contributed by atoms with Crippen molar-refractivity contribution >= 4 is 21.8 Å². The highest BCUT2D eigenvalue weighted by atomic mass is 79.9. The van der Waals surface area contributed by atoms with Gasteiger partial charge in [0.2, 0.25) is 0 Å². The van der Waals surface area contributed by atoms with Crippen molar-refractivity contribution < 1.29 is 9.53 Å². The van der Waals surface area contributed by atoms with Gasteiger partial charge >= 0.3 is 0 Å². The Morgan fingerprint density at radius 3 is 2.68 bits per heavy atom. The quantitative estimate of drug-likeness (QED) is 0.862. The Labute approximate surface area is 123 Å². The molecular formula is C15H22BrNO2. The van der Waals surface area contributed by atoms with Crippen LogP contribution in [0.25, 0.3) is 0 Å². The number of halogens is 1. The van der Waals surface area contributed by atoms with E-state index >= 15 is 0 Å². The molecule has 0 saturated heterocycles. The summed E-state index contributed by atoms with van der Waals surface area (Å²) in [5.74, 6) is 0.678. The monoisotopic (exact) mass is 327 g/mol. The van der Waals surface area contributed by atoms with Crippen LogP contribution in [-0.4, -0.2) is 18.1 Å². The van der Waals surface area contributed by atoms with E-state index in [1.807, 2.05) is 32.0 Å². The smallest absolute Gasteiger partial charge is 0.260 e. The van der Waals surface area contributed by atoms with Crippen LogP contribution < -0.4 is 10.1 Å². The lowest BCUT2D eigenvalue weighted by Crippen LogP contribution is -2.41. The van der Waals surface area contributed by atoms with Gasteiger partial charge in [-0.1, -0.05) is 29.3 Å². The van der Waals surface area contributed by atoms with Crippen LogP contribution in [-0.2, 0) is 4.79 Å². The van der Waals surface area contributed by atoms with Crippen LogP contribution in [0.1, 0.15) is 39.2 Å². The number of amides is 1. The number of nitrogens with one attached hydrogen (secondary N) is 1. The van der Waals surface area contributed by atoms with E-state index in [9.17, 15) is 4.79 Å². The summed E-state index contributed by atoms with van der Waals surface area (Å²) in [7, 11) is 0. The second-order valence-electron chi connectivity index (χ2n) is 4.87. The molecule has 0 aliphatic carbocycles. The number of hydrogen-bond acceptors (Lipinski definition) is 2. The minimum atomic E-state index is -0.487. The molecule has 2 atom stereocenters. The number of benzene rings is 1. The van der Waals surface area contributed by atoms with Crippen molar-refractivity contribution in [3.63, 3.8) is 0 Å². The standard InChI is InChI=1S/C15H22BrNO2/c1-5-6-11(3)17-15(18)12(4)19-14-8-7-13(16)9-10(14)2/h7-9,11-12H,5-6H2,1-4H3,(H,17,18). The normalized spacial score (nSPS) is 13.7. The average Bonchev–Trinajstić information content (AvgIpc) is 2.32. The lowest BCUT2D eigenvalue weighted by molar-refractivity contribution is -0.127. The Bertz CT molecular complexity index is 434. The highest BCUT2D eigenvalue weighted by Crippen LogP contribution is 2.23. The second-order valence-corrected chi connectivity index (χ2v) is 5.78. The minimum absolute atomic E-state index is 0.0664. The predicted octanol–water partition coefficient (Wildman–Crippen LogP) is 3.83. The Morgan fingerprint density at radius 1 is 1.42 bits per heavy atom. The minimum Gasteiger partial charge on any atom is -0.481 e. The van der Waals surface area contributed by atoms with Gasteiger partial charge in [0.15, 0.2) is 6.10 Å². The lowest BCUT2D eigenvalue weighted by atomic mass is 10.2. The molecule has 1 amide bonds. The maximum atomic E-state index is 12.0. The fourth-order valence-electron chi connectivity index (χ4n) is 1.85. The van der Waals surface area contributed by atoms with Crippen LogP contribution in [0.3, 0.4) is 0 Å². The summed E-state index contributed by atoms with van der Waals surface area (Å²) in [6.07, 6.45) is 1.55. The van der Waals surface area contributed by atoms with Crippen LogP contribution in [0, 0.1) is 6.92 Å². The molecule has 19 heavy (non-hydrogen) atoms. The maximum absolute atomic E-state index is 12.0. The van der Waals surface area contributed by atoms with Crippen LogP contribution in [0.15, 0.2) is 22.7 Å². The van der Waals surface area contributed by atoms with Gasteiger partial charge < -0.3 is 10.1 Å². The van der Waals surface area contributed by atoms with E-state index in [2.05, 4.69) is 28.2 Å². The molecule has 0 radical (unpaired) electrons. The Balaban J connectivity index is 2.58. The first kappa shape index (κ1) is 16.0. The Kier molecular flexibility index (Phi) is 6.35. The molecule has 1 N–H and O–H groups in total. The molecule has 1 aromatic carbocycles. The van der Waals surface area contributed by atoms with Gasteiger partial charge in [0.05, 0.1) is 0 Å². The molecule has 0 aliphatic heterocycles. The van der Waals surface area contributed by atoms with Crippen molar-refractivity contribution in [3.8, 4) is 5.75 Å². The van der Waals surface area contributed by atoms with Crippen molar-refractivity contribution in [3.05, 3.63) is 28.2 Å². The third-order valence-electron chi connectivity index (χ3n) is 2.92. The SMILES string of the molecule is CCCC(C)NC(=O)C(C)Oc1ccc(Br)cc1C. The van der Waals surface area contributed by atoms with E-state index in [4.69, 9.17) is 4.74 Å². The lowest BCUT2D eigenvalue weighted by Gasteiger charge is -2.19. The van der Waals surface area contributed by atoms with Gasteiger partial charge in [0.1, 0.15) is 5.75 Å². The van der Waals surface area contributed by atoms with E-state index in [1.54, 1.807) is 6.92 Å². The molecule has 0 heterocycles. The van der Waals surface area contributed by atoms with Crippen molar-refractivity contribution in [1.82, 2.24) is 5.32 Å². The fourth-order valence-corrected chi connectivity index (χ4v) is 2.33. The third kappa shape index (κ3) is 5.23. The van der Waals surface area contributed by atoms with Gasteiger partial charge in [-0.15, -0.1) is 0 Å². The van der Waals surface area contributed by atoms with E-state index < -0.39 is 6.10 Å². The summed E-state index contributed by atoms with van der Waals surface area (Å²) in [6, 6.07) is 5.94. The highest BCUT2D eigenvalue weighted by molar-refractivity contribution is 9.10. The maximum Gasteiger partial charge on any atom is 0.260 e. The van der Waals surface area contributed by atoms with Crippen LogP contribution in [0.2, 0.25) is 0 Å². The molecule has 0 spiro atoms. The number of carbonyl (C=O) groups is 1. The van der Waals surface area contributed by atoms with Gasteiger partial charge in [-0.2, -0.15) is 0 Å². The van der Waals surface area contributed by atoms with Gasteiger partial charge in [-0.05, 0) is 51.0 Å². The summed E-state index contributed by atoms with van der Waals surface area (Å²) in [5, 5.41) is 2.96. The zero-order valence-corrected chi connectivity index (χ0v) is 13.6. The van der Waals surface area contributed by atoms with Gasteiger partial charge in [0.25, 0.3) is 5.91 Å². The predicted molar refractivity (Wildman–Crippen MR) is 81.5 cm³/mol. The number of carbonyl (C=O) groups excluding carboxylic acids is 1.